The van der Waals surface area contributed by atoms with Crippen molar-refractivity contribution in [1.29, 1.82) is 0 Å². The van der Waals surface area contributed by atoms with Crippen molar-refractivity contribution in [2.75, 3.05) is 18.1 Å². The average Bonchev–Trinajstić information content (AvgIpc) is 2.58. The first kappa shape index (κ1) is 16.2. The third kappa shape index (κ3) is 3.82. The van der Waals surface area contributed by atoms with E-state index in [1.165, 1.54) is 0 Å². The van der Waals surface area contributed by atoms with Gasteiger partial charge in [-0.1, -0.05) is 41.9 Å². The molecule has 0 aromatic heterocycles. The van der Waals surface area contributed by atoms with E-state index in [0.29, 0.717) is 10.6 Å². The highest BCUT2D eigenvalue weighted by molar-refractivity contribution is 7.99. The molecule has 0 unspecified atom stereocenters. The van der Waals surface area contributed by atoms with Crippen molar-refractivity contribution in [3.8, 4) is 5.75 Å². The fourth-order valence-electron chi connectivity index (χ4n) is 2.79. The van der Waals surface area contributed by atoms with Crippen LogP contribution in [0.2, 0.25) is 5.02 Å². The summed E-state index contributed by atoms with van der Waals surface area (Å²) in [4.78, 5) is 14.7. The third-order valence-electron chi connectivity index (χ3n) is 4.04. The Labute approximate surface area is 145 Å². The van der Waals surface area contributed by atoms with E-state index in [9.17, 15) is 9.90 Å². The fraction of sp³-hybridized carbons (Fsp3) is 0.278. The summed E-state index contributed by atoms with van der Waals surface area (Å²) < 4.78 is 0. The molecule has 1 N–H and O–H groups in total. The van der Waals surface area contributed by atoms with Gasteiger partial charge in [0.25, 0.3) is 0 Å². The molecule has 0 spiro atoms. The average molecular weight is 348 g/mol. The van der Waals surface area contributed by atoms with Gasteiger partial charge < -0.3 is 10.0 Å². The molecule has 2 aromatic rings. The topological polar surface area (TPSA) is 40.5 Å². The second-order valence-electron chi connectivity index (χ2n) is 5.53. The summed E-state index contributed by atoms with van der Waals surface area (Å²) in [5, 5.41) is 10.6. The molecule has 3 rings (SSSR count). The summed E-state index contributed by atoms with van der Waals surface area (Å²) in [6.07, 6.45) is 0.224. The van der Waals surface area contributed by atoms with Gasteiger partial charge in [-0.05, 0) is 23.8 Å². The number of thioether (sulfide) groups is 1. The van der Waals surface area contributed by atoms with Gasteiger partial charge in [-0.3, -0.25) is 4.79 Å². The van der Waals surface area contributed by atoms with Gasteiger partial charge in [0.15, 0.2) is 0 Å². The molecule has 5 heteroatoms. The number of amides is 1. The quantitative estimate of drug-likeness (QED) is 0.915. The zero-order valence-electron chi connectivity index (χ0n) is 12.6. The lowest BCUT2D eigenvalue weighted by Crippen LogP contribution is -2.41. The molecule has 1 fully saturated rings. The summed E-state index contributed by atoms with van der Waals surface area (Å²) in [7, 11) is 0. The third-order valence-corrected chi connectivity index (χ3v) is 5.31. The van der Waals surface area contributed by atoms with Gasteiger partial charge in [0, 0.05) is 28.6 Å². The van der Waals surface area contributed by atoms with E-state index in [0.717, 1.165) is 23.6 Å². The summed E-state index contributed by atoms with van der Waals surface area (Å²) in [6, 6.07) is 14.8. The zero-order valence-corrected chi connectivity index (χ0v) is 14.2. The summed E-state index contributed by atoms with van der Waals surface area (Å²) in [6.45, 7) is 0.727. The van der Waals surface area contributed by atoms with E-state index in [1.54, 1.807) is 18.2 Å². The Bertz CT molecular complexity index is 690. The number of phenols is 1. The minimum Gasteiger partial charge on any atom is -0.508 e. The summed E-state index contributed by atoms with van der Waals surface area (Å²) in [5.74, 6) is 2.05. The molecule has 120 valence electrons. The second-order valence-corrected chi connectivity index (χ2v) is 7.12. The van der Waals surface area contributed by atoms with E-state index in [1.807, 2.05) is 47.0 Å². The van der Waals surface area contributed by atoms with Gasteiger partial charge in [0.1, 0.15) is 5.75 Å². The Morgan fingerprint density at radius 2 is 1.96 bits per heavy atom. The van der Waals surface area contributed by atoms with Gasteiger partial charge >= 0.3 is 0 Å². The monoisotopic (exact) mass is 347 g/mol. The maximum absolute atomic E-state index is 12.7. The minimum absolute atomic E-state index is 0.0479. The summed E-state index contributed by atoms with van der Waals surface area (Å²) in [5.41, 5.74) is 1.78. The van der Waals surface area contributed by atoms with E-state index in [2.05, 4.69) is 0 Å². The molecule has 1 atom stereocenters. The smallest absolute Gasteiger partial charge is 0.227 e. The number of phenolic OH excluding ortho intramolecular Hbond substituents is 1. The standard InChI is InChI=1S/C18H18ClNO2S/c19-15-7-5-13(6-8-15)16-12-23-10-9-20(16)18(22)11-14-3-1-2-4-17(14)21/h1-8,16,21H,9-12H2/t16-/m0/s1. The summed E-state index contributed by atoms with van der Waals surface area (Å²) >= 11 is 7.82. The highest BCUT2D eigenvalue weighted by atomic mass is 35.5. The van der Waals surface area contributed by atoms with Gasteiger partial charge in [0.05, 0.1) is 12.5 Å². The highest BCUT2D eigenvalue weighted by Crippen LogP contribution is 2.31. The molecule has 1 heterocycles. The van der Waals surface area contributed by atoms with Crippen molar-refractivity contribution in [2.45, 2.75) is 12.5 Å². The number of para-hydroxylation sites is 1. The Morgan fingerprint density at radius 3 is 2.70 bits per heavy atom. The van der Waals surface area contributed by atoms with Crippen LogP contribution in [0.4, 0.5) is 0 Å². The van der Waals surface area contributed by atoms with E-state index < -0.39 is 0 Å². The van der Waals surface area contributed by atoms with E-state index in [4.69, 9.17) is 11.6 Å². The van der Waals surface area contributed by atoms with Crippen LogP contribution in [0.25, 0.3) is 0 Å². The first-order valence-electron chi connectivity index (χ1n) is 7.54. The van der Waals surface area contributed by atoms with E-state index in [-0.39, 0.29) is 24.1 Å². The Balaban J connectivity index is 1.79. The molecule has 1 saturated heterocycles. The molecule has 0 saturated carbocycles. The first-order chi connectivity index (χ1) is 11.1. The largest absolute Gasteiger partial charge is 0.508 e. The van der Waals surface area contributed by atoms with Crippen molar-refractivity contribution in [3.05, 3.63) is 64.7 Å². The van der Waals surface area contributed by atoms with Gasteiger partial charge in [0.2, 0.25) is 5.91 Å². The fourth-order valence-corrected chi connectivity index (χ4v) is 4.00. The zero-order chi connectivity index (χ0) is 16.2. The lowest BCUT2D eigenvalue weighted by molar-refractivity contribution is -0.132. The van der Waals surface area contributed by atoms with Gasteiger partial charge in [-0.15, -0.1) is 0 Å². The van der Waals surface area contributed by atoms with Crippen LogP contribution in [-0.4, -0.2) is 34.0 Å². The number of benzene rings is 2. The number of rotatable bonds is 3. The Kier molecular flexibility index (Phi) is 5.13. The molecule has 0 bridgehead atoms. The number of halogens is 1. The van der Waals surface area contributed by atoms with Crippen LogP contribution in [0.5, 0.6) is 5.75 Å². The number of carbonyl (C=O) groups is 1. The number of hydrogen-bond donors (Lipinski definition) is 1. The molecular weight excluding hydrogens is 330 g/mol. The van der Waals surface area contributed by atoms with Crippen molar-refractivity contribution in [3.63, 3.8) is 0 Å². The van der Waals surface area contributed by atoms with Crippen molar-refractivity contribution in [1.82, 2.24) is 4.90 Å². The minimum atomic E-state index is 0.0479. The van der Waals surface area contributed by atoms with Crippen molar-refractivity contribution >= 4 is 29.3 Å². The molecule has 0 radical (unpaired) electrons. The van der Waals surface area contributed by atoms with Crippen LogP contribution in [0.15, 0.2) is 48.5 Å². The predicted octanol–water partition coefficient (Wildman–Crippen LogP) is 3.90. The van der Waals surface area contributed by atoms with Crippen LogP contribution in [-0.2, 0) is 11.2 Å². The maximum Gasteiger partial charge on any atom is 0.227 e. The SMILES string of the molecule is O=C(Cc1ccccc1O)N1CCSC[C@H]1c1ccc(Cl)cc1. The molecule has 0 aliphatic carbocycles. The van der Waals surface area contributed by atoms with Crippen LogP contribution >= 0.6 is 23.4 Å². The lowest BCUT2D eigenvalue weighted by Gasteiger charge is -2.36. The molecule has 2 aromatic carbocycles. The number of nitrogens with zero attached hydrogens (tertiary/aromatic N) is 1. The number of hydrogen-bond acceptors (Lipinski definition) is 3. The first-order valence-corrected chi connectivity index (χ1v) is 9.08. The van der Waals surface area contributed by atoms with Crippen molar-refractivity contribution in [2.24, 2.45) is 0 Å². The number of aromatic hydroxyl groups is 1. The Hall–Kier alpha value is -1.65. The molecule has 1 aliphatic rings. The predicted molar refractivity (Wildman–Crippen MR) is 95.0 cm³/mol. The highest BCUT2D eigenvalue weighted by Gasteiger charge is 2.28. The van der Waals surface area contributed by atoms with Crippen molar-refractivity contribution < 1.29 is 9.90 Å². The van der Waals surface area contributed by atoms with Crippen LogP contribution in [0.1, 0.15) is 17.2 Å². The normalized spacial score (nSPS) is 18.0. The molecule has 1 aliphatic heterocycles. The molecule has 1 amide bonds. The lowest BCUT2D eigenvalue weighted by atomic mass is 10.0. The molecule has 23 heavy (non-hydrogen) atoms. The Morgan fingerprint density at radius 1 is 1.22 bits per heavy atom. The molecule has 3 nitrogen and oxygen atoms in total. The van der Waals surface area contributed by atoms with Crippen LogP contribution in [0.3, 0.4) is 0 Å². The van der Waals surface area contributed by atoms with Gasteiger partial charge in [-0.25, -0.2) is 0 Å². The van der Waals surface area contributed by atoms with Crippen LogP contribution < -0.4 is 0 Å². The van der Waals surface area contributed by atoms with E-state index >= 15 is 0 Å². The second kappa shape index (κ2) is 7.28. The molecular formula is C18H18ClNO2S. The maximum atomic E-state index is 12.7. The van der Waals surface area contributed by atoms with Crippen LogP contribution in [0, 0.1) is 0 Å². The van der Waals surface area contributed by atoms with Gasteiger partial charge in [-0.2, -0.15) is 11.8 Å². The number of carbonyl (C=O) groups excluding carboxylic acids is 1.